The van der Waals surface area contributed by atoms with E-state index in [-0.39, 0.29) is 0 Å². The van der Waals surface area contributed by atoms with E-state index in [0.717, 1.165) is 13.0 Å². The van der Waals surface area contributed by atoms with Gasteiger partial charge in [0.1, 0.15) is 0 Å². The summed E-state index contributed by atoms with van der Waals surface area (Å²) >= 11 is 3.53. The summed E-state index contributed by atoms with van der Waals surface area (Å²) in [5.41, 5.74) is 2.69. The zero-order valence-corrected chi connectivity index (χ0v) is 12.8. The van der Waals surface area contributed by atoms with Crippen LogP contribution in [0.4, 0.5) is 5.69 Å². The molecule has 0 aliphatic carbocycles. The van der Waals surface area contributed by atoms with Gasteiger partial charge in [-0.25, -0.2) is 0 Å². The molecule has 0 spiro atoms. The number of aryl methyl sites for hydroxylation is 1. The van der Waals surface area contributed by atoms with E-state index >= 15 is 0 Å². The molecule has 0 bridgehead atoms. The summed E-state index contributed by atoms with van der Waals surface area (Å²) in [6.45, 7) is 7.13. The normalized spacial score (nSPS) is 16.1. The Morgan fingerprint density at radius 3 is 2.78 bits per heavy atom. The lowest BCUT2D eigenvalue weighted by atomic mass is 10.1. The van der Waals surface area contributed by atoms with E-state index in [2.05, 4.69) is 51.3 Å². The number of likely N-dealkylation sites (tertiary alicyclic amines) is 1. The summed E-state index contributed by atoms with van der Waals surface area (Å²) in [6, 6.07) is 6.50. The van der Waals surface area contributed by atoms with Crippen molar-refractivity contribution in [1.82, 2.24) is 4.90 Å². The van der Waals surface area contributed by atoms with Crippen LogP contribution in [0.3, 0.4) is 0 Å². The highest BCUT2D eigenvalue weighted by Crippen LogP contribution is 2.21. The van der Waals surface area contributed by atoms with Crippen LogP contribution in [0.1, 0.15) is 31.7 Å². The van der Waals surface area contributed by atoms with Crippen molar-refractivity contribution in [3.05, 3.63) is 28.2 Å². The summed E-state index contributed by atoms with van der Waals surface area (Å²) in [5.74, 6) is 0. The number of hydrogen-bond acceptors (Lipinski definition) is 2. The Hall–Kier alpha value is -0.540. The minimum Gasteiger partial charge on any atom is -0.385 e. The third-order valence-electron chi connectivity index (χ3n) is 3.61. The molecular formula is C15H23BrN2. The molecule has 100 valence electrons. The average molecular weight is 311 g/mol. The van der Waals surface area contributed by atoms with Crippen LogP contribution < -0.4 is 5.32 Å². The lowest BCUT2D eigenvalue weighted by molar-refractivity contribution is 0.337. The van der Waals surface area contributed by atoms with Crippen molar-refractivity contribution < 1.29 is 0 Å². The minimum atomic E-state index is 1.07. The molecule has 1 aromatic rings. The molecule has 2 rings (SSSR count). The highest BCUT2D eigenvalue weighted by molar-refractivity contribution is 9.10. The van der Waals surface area contributed by atoms with Crippen molar-refractivity contribution >= 4 is 21.6 Å². The average Bonchev–Trinajstić information content (AvgIpc) is 2.89. The van der Waals surface area contributed by atoms with Crippen LogP contribution in [0.25, 0.3) is 0 Å². The molecule has 2 nitrogen and oxygen atoms in total. The first-order valence-corrected chi connectivity index (χ1v) is 7.83. The number of halogens is 1. The highest BCUT2D eigenvalue weighted by Gasteiger charge is 2.10. The number of anilines is 1. The van der Waals surface area contributed by atoms with Crippen molar-refractivity contribution in [3.8, 4) is 0 Å². The first-order chi connectivity index (χ1) is 8.79. The fourth-order valence-corrected chi connectivity index (χ4v) is 2.97. The molecule has 0 amide bonds. The molecule has 0 aromatic heterocycles. The molecular weight excluding hydrogens is 288 g/mol. The zero-order chi connectivity index (χ0) is 12.8. The van der Waals surface area contributed by atoms with Gasteiger partial charge in [0.15, 0.2) is 0 Å². The van der Waals surface area contributed by atoms with Crippen molar-refractivity contribution in [2.24, 2.45) is 0 Å². The van der Waals surface area contributed by atoms with Crippen LogP contribution in [-0.4, -0.2) is 31.1 Å². The molecule has 0 atom stereocenters. The molecule has 1 aliphatic rings. The second-order valence-corrected chi connectivity index (χ2v) is 5.90. The molecule has 1 aromatic carbocycles. The number of rotatable bonds is 6. The van der Waals surface area contributed by atoms with Gasteiger partial charge in [-0.1, -0.05) is 22.9 Å². The van der Waals surface area contributed by atoms with Crippen LogP contribution in [0, 0.1) is 0 Å². The predicted octanol–water partition coefficient (Wildman–Crippen LogP) is 3.91. The summed E-state index contributed by atoms with van der Waals surface area (Å²) in [5, 5.41) is 3.57. The number of hydrogen-bond donors (Lipinski definition) is 1. The van der Waals surface area contributed by atoms with E-state index in [9.17, 15) is 0 Å². The lowest BCUT2D eigenvalue weighted by Crippen LogP contribution is -2.22. The maximum absolute atomic E-state index is 3.57. The minimum absolute atomic E-state index is 1.07. The van der Waals surface area contributed by atoms with E-state index in [4.69, 9.17) is 0 Å². The van der Waals surface area contributed by atoms with E-state index in [1.165, 1.54) is 54.6 Å². The van der Waals surface area contributed by atoms with Gasteiger partial charge in [-0.05, 0) is 69.1 Å². The summed E-state index contributed by atoms with van der Waals surface area (Å²) in [6.07, 6.45) is 5.09. The van der Waals surface area contributed by atoms with Crippen molar-refractivity contribution in [1.29, 1.82) is 0 Å². The van der Waals surface area contributed by atoms with Gasteiger partial charge in [-0.15, -0.1) is 0 Å². The number of nitrogens with one attached hydrogen (secondary N) is 1. The Kier molecular flexibility index (Phi) is 5.51. The molecule has 1 aliphatic heterocycles. The SMILES string of the molecule is CCc1cc(Br)ccc1NCCCN1CCCC1. The van der Waals surface area contributed by atoms with Gasteiger partial charge in [0.05, 0.1) is 0 Å². The molecule has 1 saturated heterocycles. The maximum atomic E-state index is 3.57. The van der Waals surface area contributed by atoms with Crippen molar-refractivity contribution in [2.75, 3.05) is 31.5 Å². The summed E-state index contributed by atoms with van der Waals surface area (Å²) < 4.78 is 1.17. The monoisotopic (exact) mass is 310 g/mol. The largest absolute Gasteiger partial charge is 0.385 e. The number of benzene rings is 1. The Labute approximate surface area is 119 Å². The molecule has 0 radical (unpaired) electrons. The molecule has 0 unspecified atom stereocenters. The first-order valence-electron chi connectivity index (χ1n) is 7.04. The van der Waals surface area contributed by atoms with E-state index < -0.39 is 0 Å². The van der Waals surface area contributed by atoms with E-state index in [1.807, 2.05) is 0 Å². The van der Waals surface area contributed by atoms with E-state index in [0.29, 0.717) is 0 Å². The Morgan fingerprint density at radius 1 is 1.28 bits per heavy atom. The van der Waals surface area contributed by atoms with Crippen molar-refractivity contribution in [2.45, 2.75) is 32.6 Å². The fourth-order valence-electron chi connectivity index (χ4n) is 2.56. The summed E-state index contributed by atoms with van der Waals surface area (Å²) in [4.78, 5) is 2.57. The Morgan fingerprint density at radius 2 is 2.06 bits per heavy atom. The summed E-state index contributed by atoms with van der Waals surface area (Å²) in [7, 11) is 0. The molecule has 18 heavy (non-hydrogen) atoms. The highest BCUT2D eigenvalue weighted by atomic mass is 79.9. The molecule has 1 N–H and O–H groups in total. The van der Waals surface area contributed by atoms with E-state index in [1.54, 1.807) is 0 Å². The van der Waals surface area contributed by atoms with Crippen LogP contribution in [-0.2, 0) is 6.42 Å². The standard InChI is InChI=1S/C15H23BrN2/c1-2-13-12-14(16)6-7-15(13)17-8-5-11-18-9-3-4-10-18/h6-7,12,17H,2-5,8-11H2,1H3. The quantitative estimate of drug-likeness (QED) is 0.801. The fraction of sp³-hybridized carbons (Fsp3) is 0.600. The molecule has 1 heterocycles. The molecule has 1 fully saturated rings. The second kappa shape index (κ2) is 7.15. The van der Waals surface area contributed by atoms with Crippen LogP contribution in [0.5, 0.6) is 0 Å². The molecule has 3 heteroatoms. The van der Waals surface area contributed by atoms with Gasteiger partial charge < -0.3 is 10.2 Å². The van der Waals surface area contributed by atoms with Gasteiger partial charge >= 0.3 is 0 Å². The maximum Gasteiger partial charge on any atom is 0.0373 e. The third-order valence-corrected chi connectivity index (χ3v) is 4.11. The lowest BCUT2D eigenvalue weighted by Gasteiger charge is -2.16. The van der Waals surface area contributed by atoms with Gasteiger partial charge in [0.2, 0.25) is 0 Å². The van der Waals surface area contributed by atoms with Crippen molar-refractivity contribution in [3.63, 3.8) is 0 Å². The van der Waals surface area contributed by atoms with Crippen LogP contribution >= 0.6 is 15.9 Å². The Balaban J connectivity index is 1.75. The van der Waals surface area contributed by atoms with Gasteiger partial charge in [0, 0.05) is 16.7 Å². The van der Waals surface area contributed by atoms with Gasteiger partial charge in [-0.3, -0.25) is 0 Å². The topological polar surface area (TPSA) is 15.3 Å². The number of nitrogens with zero attached hydrogens (tertiary/aromatic N) is 1. The van der Waals surface area contributed by atoms with Crippen LogP contribution in [0.15, 0.2) is 22.7 Å². The smallest absolute Gasteiger partial charge is 0.0373 e. The zero-order valence-electron chi connectivity index (χ0n) is 11.2. The third kappa shape index (κ3) is 3.99. The predicted molar refractivity (Wildman–Crippen MR) is 82.3 cm³/mol. The second-order valence-electron chi connectivity index (χ2n) is 4.98. The first kappa shape index (κ1) is 13.9. The van der Waals surface area contributed by atoms with Crippen LogP contribution in [0.2, 0.25) is 0 Å². The Bertz CT molecular complexity index is 373. The van der Waals surface area contributed by atoms with Gasteiger partial charge in [-0.2, -0.15) is 0 Å². The molecule has 0 saturated carbocycles. The van der Waals surface area contributed by atoms with Gasteiger partial charge in [0.25, 0.3) is 0 Å².